The summed E-state index contributed by atoms with van der Waals surface area (Å²) in [5, 5.41) is 0.898. The molecule has 4 nitrogen and oxygen atoms in total. The Labute approximate surface area is 200 Å². The van der Waals surface area contributed by atoms with Crippen LogP contribution >= 0.6 is 34.8 Å². The van der Waals surface area contributed by atoms with E-state index in [1.807, 2.05) is 6.07 Å². The lowest BCUT2D eigenvalue weighted by atomic mass is 9.87. The van der Waals surface area contributed by atoms with Gasteiger partial charge in [0.1, 0.15) is 5.82 Å². The van der Waals surface area contributed by atoms with Crippen molar-refractivity contribution in [3.8, 4) is 11.5 Å². The highest BCUT2D eigenvalue weighted by Gasteiger charge is 2.36. The lowest BCUT2D eigenvalue weighted by Gasteiger charge is -2.38. The first-order chi connectivity index (χ1) is 15.3. The van der Waals surface area contributed by atoms with Gasteiger partial charge in [0, 0.05) is 32.7 Å². The van der Waals surface area contributed by atoms with Gasteiger partial charge < -0.3 is 14.4 Å². The fourth-order valence-corrected chi connectivity index (χ4v) is 4.88. The molecule has 1 aliphatic rings. The lowest BCUT2D eigenvalue weighted by Crippen LogP contribution is -2.41. The molecular formula is C24H19Cl3FNO3. The summed E-state index contributed by atoms with van der Waals surface area (Å²) in [4.78, 5) is 15.2. The van der Waals surface area contributed by atoms with Gasteiger partial charge in [0.2, 0.25) is 0 Å². The number of ether oxygens (including phenoxy) is 2. The Morgan fingerprint density at radius 1 is 1.00 bits per heavy atom. The van der Waals surface area contributed by atoms with Crippen molar-refractivity contribution in [3.63, 3.8) is 0 Å². The minimum Gasteiger partial charge on any atom is -0.493 e. The van der Waals surface area contributed by atoms with Gasteiger partial charge in [-0.1, -0.05) is 40.9 Å². The first-order valence-electron chi connectivity index (χ1n) is 9.79. The van der Waals surface area contributed by atoms with E-state index in [1.165, 1.54) is 19.2 Å². The van der Waals surface area contributed by atoms with E-state index >= 15 is 4.39 Å². The number of carbonyl (C=O) groups excluding carboxylic acids is 1. The monoisotopic (exact) mass is 493 g/mol. The van der Waals surface area contributed by atoms with Crippen molar-refractivity contribution in [1.82, 2.24) is 4.90 Å². The molecule has 4 rings (SSSR count). The SMILES string of the molecule is COc1cc2c(cc1OC)[C@H](c1c(F)cccc1Cl)N(C(=O)c1cc(Cl)cc(Cl)c1)CC2. The van der Waals surface area contributed by atoms with Gasteiger partial charge in [-0.05, 0) is 60.0 Å². The largest absolute Gasteiger partial charge is 0.493 e. The van der Waals surface area contributed by atoms with Crippen LogP contribution in [0.15, 0.2) is 48.5 Å². The summed E-state index contributed by atoms with van der Waals surface area (Å²) in [7, 11) is 3.08. The molecule has 32 heavy (non-hydrogen) atoms. The molecule has 0 unspecified atom stereocenters. The number of hydrogen-bond donors (Lipinski definition) is 0. The minimum absolute atomic E-state index is 0.212. The quantitative estimate of drug-likeness (QED) is 0.411. The molecule has 0 N–H and O–H groups in total. The van der Waals surface area contributed by atoms with E-state index < -0.39 is 11.9 Å². The number of halogens is 4. The van der Waals surface area contributed by atoms with Gasteiger partial charge in [-0.15, -0.1) is 0 Å². The van der Waals surface area contributed by atoms with Gasteiger partial charge >= 0.3 is 0 Å². The van der Waals surface area contributed by atoms with Crippen LogP contribution in [0, 0.1) is 5.82 Å². The highest BCUT2D eigenvalue weighted by molar-refractivity contribution is 6.35. The normalized spacial score (nSPS) is 15.3. The molecule has 0 aromatic heterocycles. The third-order valence-electron chi connectivity index (χ3n) is 5.52. The van der Waals surface area contributed by atoms with Crippen LogP contribution in [0.3, 0.4) is 0 Å². The van der Waals surface area contributed by atoms with Crippen molar-refractivity contribution < 1.29 is 18.7 Å². The number of hydrogen-bond acceptors (Lipinski definition) is 3. The summed E-state index contributed by atoms with van der Waals surface area (Å²) >= 11 is 18.7. The Hall–Kier alpha value is -2.47. The zero-order valence-corrected chi connectivity index (χ0v) is 19.6. The van der Waals surface area contributed by atoms with Gasteiger partial charge in [0.25, 0.3) is 5.91 Å². The van der Waals surface area contributed by atoms with Gasteiger partial charge in [-0.2, -0.15) is 0 Å². The maximum absolute atomic E-state index is 15.1. The summed E-state index contributed by atoms with van der Waals surface area (Å²) in [6, 6.07) is 11.9. The number of methoxy groups -OCH3 is 2. The average molecular weight is 495 g/mol. The molecule has 0 aliphatic carbocycles. The highest BCUT2D eigenvalue weighted by atomic mass is 35.5. The van der Waals surface area contributed by atoms with Crippen LogP contribution in [0.25, 0.3) is 0 Å². The summed E-state index contributed by atoms with van der Waals surface area (Å²) in [6.45, 7) is 0.334. The van der Waals surface area contributed by atoms with Gasteiger partial charge in [-0.25, -0.2) is 4.39 Å². The van der Waals surface area contributed by atoms with E-state index in [2.05, 4.69) is 0 Å². The first-order valence-corrected chi connectivity index (χ1v) is 10.9. The second kappa shape index (κ2) is 9.18. The molecular weight excluding hydrogens is 476 g/mol. The fourth-order valence-electron chi connectivity index (χ4n) is 4.09. The van der Waals surface area contributed by atoms with E-state index in [4.69, 9.17) is 44.3 Å². The van der Waals surface area contributed by atoms with Crippen molar-refractivity contribution in [2.75, 3.05) is 20.8 Å². The number of rotatable bonds is 4. The number of fused-ring (bicyclic) bond motifs is 1. The summed E-state index contributed by atoms with van der Waals surface area (Å²) in [5.41, 5.74) is 2.15. The van der Waals surface area contributed by atoms with Crippen molar-refractivity contribution in [3.05, 3.63) is 91.7 Å². The molecule has 3 aromatic rings. The Balaban J connectivity index is 1.92. The Kier molecular flexibility index (Phi) is 6.52. The second-order valence-electron chi connectivity index (χ2n) is 7.35. The molecule has 1 atom stereocenters. The number of carbonyl (C=O) groups is 1. The zero-order valence-electron chi connectivity index (χ0n) is 17.3. The molecule has 166 valence electrons. The van der Waals surface area contributed by atoms with Crippen molar-refractivity contribution in [1.29, 1.82) is 0 Å². The predicted molar refractivity (Wildman–Crippen MR) is 124 cm³/mol. The average Bonchev–Trinajstić information content (AvgIpc) is 2.76. The van der Waals surface area contributed by atoms with Gasteiger partial charge in [0.05, 0.1) is 20.3 Å². The Bertz CT molecular complexity index is 1160. The third-order valence-corrected chi connectivity index (χ3v) is 6.28. The maximum atomic E-state index is 15.1. The molecule has 0 saturated carbocycles. The molecule has 8 heteroatoms. The van der Waals surface area contributed by atoms with Crippen molar-refractivity contribution >= 4 is 40.7 Å². The van der Waals surface area contributed by atoms with Crippen LogP contribution in [-0.4, -0.2) is 31.6 Å². The molecule has 1 amide bonds. The third kappa shape index (κ3) is 4.13. The molecule has 0 spiro atoms. The smallest absolute Gasteiger partial charge is 0.254 e. The summed E-state index contributed by atoms with van der Waals surface area (Å²) < 4.78 is 26.0. The van der Waals surface area contributed by atoms with Gasteiger partial charge in [-0.3, -0.25) is 4.79 Å². The summed E-state index contributed by atoms with van der Waals surface area (Å²) in [5.74, 6) is 0.195. The first kappa shape index (κ1) is 22.7. The van der Waals surface area contributed by atoms with Crippen LogP contribution in [-0.2, 0) is 6.42 Å². The molecule has 0 fully saturated rings. The standard InChI is InChI=1S/C24H19Cl3FNO3/c1-31-20-10-13-6-7-29(24(30)14-8-15(25)11-16(26)9-14)23(17(13)12-21(20)32-2)22-18(27)4-3-5-19(22)28/h3-5,8-12,23H,6-7H2,1-2H3/t23-/m1/s1. The van der Waals surface area contributed by atoms with Crippen LogP contribution in [0.2, 0.25) is 15.1 Å². The molecule has 0 radical (unpaired) electrons. The fraction of sp³-hybridized carbons (Fsp3) is 0.208. The van der Waals surface area contributed by atoms with E-state index in [0.717, 1.165) is 5.56 Å². The molecule has 0 saturated heterocycles. The van der Waals surface area contributed by atoms with Crippen LogP contribution in [0.1, 0.15) is 33.1 Å². The van der Waals surface area contributed by atoms with Crippen molar-refractivity contribution in [2.24, 2.45) is 0 Å². The van der Waals surface area contributed by atoms with E-state index in [1.54, 1.807) is 42.3 Å². The summed E-state index contributed by atoms with van der Waals surface area (Å²) in [6.07, 6.45) is 0.540. The van der Waals surface area contributed by atoms with Crippen molar-refractivity contribution in [2.45, 2.75) is 12.5 Å². The Morgan fingerprint density at radius 3 is 2.28 bits per heavy atom. The highest BCUT2D eigenvalue weighted by Crippen LogP contribution is 2.44. The second-order valence-corrected chi connectivity index (χ2v) is 8.63. The zero-order chi connectivity index (χ0) is 23.0. The molecule has 1 heterocycles. The van der Waals surface area contributed by atoms with E-state index in [9.17, 15) is 4.79 Å². The molecule has 0 bridgehead atoms. The maximum Gasteiger partial charge on any atom is 0.254 e. The number of nitrogens with zero attached hydrogens (tertiary/aromatic N) is 1. The van der Waals surface area contributed by atoms with Crippen LogP contribution in [0.5, 0.6) is 11.5 Å². The topological polar surface area (TPSA) is 38.8 Å². The van der Waals surface area contributed by atoms with E-state index in [0.29, 0.717) is 45.6 Å². The molecule has 1 aliphatic heterocycles. The van der Waals surface area contributed by atoms with Crippen LogP contribution in [0.4, 0.5) is 4.39 Å². The number of benzene rings is 3. The molecule has 3 aromatic carbocycles. The lowest BCUT2D eigenvalue weighted by molar-refractivity contribution is 0.0691. The van der Waals surface area contributed by atoms with Gasteiger partial charge in [0.15, 0.2) is 11.5 Å². The number of amides is 1. The minimum atomic E-state index is -0.780. The Morgan fingerprint density at radius 2 is 1.66 bits per heavy atom. The van der Waals surface area contributed by atoms with Crippen LogP contribution < -0.4 is 9.47 Å². The van der Waals surface area contributed by atoms with E-state index in [-0.39, 0.29) is 16.5 Å². The predicted octanol–water partition coefficient (Wildman–Crippen LogP) is 6.59.